The third-order valence-corrected chi connectivity index (χ3v) is 5.55. The van der Waals surface area contributed by atoms with E-state index < -0.39 is 32.8 Å². The SMILES string of the molecule is COc1cc(N2CCN(C(=O)OC(C)(C)C)C[C@@H]2COS(C)(=O)=O)c([N+](=O)[O-])cc1Br. The van der Waals surface area contributed by atoms with E-state index in [9.17, 15) is 23.3 Å². The van der Waals surface area contributed by atoms with Crippen LogP contribution in [0.3, 0.4) is 0 Å². The first-order valence-electron chi connectivity index (χ1n) is 9.32. The van der Waals surface area contributed by atoms with Crippen molar-refractivity contribution in [2.75, 3.05) is 44.5 Å². The average molecular weight is 524 g/mol. The maximum Gasteiger partial charge on any atom is 0.410 e. The van der Waals surface area contributed by atoms with Gasteiger partial charge in [0.05, 0.1) is 35.4 Å². The Hall–Kier alpha value is -2.12. The summed E-state index contributed by atoms with van der Waals surface area (Å²) in [6.07, 6.45) is 0.357. The molecule has 0 unspecified atom stereocenters. The van der Waals surface area contributed by atoms with Gasteiger partial charge in [-0.1, -0.05) is 0 Å². The van der Waals surface area contributed by atoms with Crippen LogP contribution < -0.4 is 9.64 Å². The second-order valence-electron chi connectivity index (χ2n) is 7.99. The van der Waals surface area contributed by atoms with Crippen molar-refractivity contribution < 1.29 is 31.8 Å². The molecule has 0 aromatic heterocycles. The molecular weight excluding hydrogens is 498 g/mol. The number of anilines is 1. The van der Waals surface area contributed by atoms with Crippen molar-refractivity contribution in [1.82, 2.24) is 4.90 Å². The first-order chi connectivity index (χ1) is 14.2. The van der Waals surface area contributed by atoms with Crippen molar-refractivity contribution in [3.8, 4) is 5.75 Å². The van der Waals surface area contributed by atoms with Gasteiger partial charge < -0.3 is 19.3 Å². The summed E-state index contributed by atoms with van der Waals surface area (Å²) < 4.78 is 39.2. The molecule has 13 heteroatoms. The summed E-state index contributed by atoms with van der Waals surface area (Å²) in [7, 11) is -2.34. The summed E-state index contributed by atoms with van der Waals surface area (Å²) in [5.41, 5.74) is -0.663. The fourth-order valence-electron chi connectivity index (χ4n) is 3.07. The summed E-state index contributed by atoms with van der Waals surface area (Å²) in [4.78, 5) is 26.7. The Kier molecular flexibility index (Phi) is 7.76. The molecule has 0 saturated carbocycles. The molecule has 1 atom stereocenters. The van der Waals surface area contributed by atoms with Gasteiger partial charge in [-0.25, -0.2) is 4.79 Å². The Morgan fingerprint density at radius 3 is 2.48 bits per heavy atom. The van der Waals surface area contributed by atoms with Gasteiger partial charge in [-0.2, -0.15) is 8.42 Å². The molecule has 2 rings (SSSR count). The lowest BCUT2D eigenvalue weighted by Gasteiger charge is -2.42. The van der Waals surface area contributed by atoms with Crippen molar-refractivity contribution in [2.24, 2.45) is 0 Å². The van der Waals surface area contributed by atoms with Crippen LogP contribution in [0.2, 0.25) is 0 Å². The quantitative estimate of drug-likeness (QED) is 0.313. The predicted octanol–water partition coefficient (Wildman–Crippen LogP) is 2.77. The van der Waals surface area contributed by atoms with E-state index in [1.54, 1.807) is 25.7 Å². The number of ether oxygens (including phenoxy) is 2. The molecular formula is C18H26BrN3O8S. The highest BCUT2D eigenvalue weighted by Gasteiger charge is 2.36. The maximum atomic E-state index is 12.5. The second-order valence-corrected chi connectivity index (χ2v) is 10.5. The van der Waals surface area contributed by atoms with Gasteiger partial charge in [-0.15, -0.1) is 0 Å². The highest BCUT2D eigenvalue weighted by molar-refractivity contribution is 9.10. The predicted molar refractivity (Wildman–Crippen MR) is 117 cm³/mol. The van der Waals surface area contributed by atoms with E-state index in [-0.39, 0.29) is 37.6 Å². The number of hydrogen-bond acceptors (Lipinski definition) is 9. The number of piperazine rings is 1. The molecule has 1 saturated heterocycles. The Morgan fingerprint density at radius 1 is 1.32 bits per heavy atom. The molecule has 0 spiro atoms. The number of benzene rings is 1. The molecule has 1 aliphatic heterocycles. The van der Waals surface area contributed by atoms with Gasteiger partial charge in [0.15, 0.2) is 0 Å². The lowest BCUT2D eigenvalue weighted by molar-refractivity contribution is -0.384. The van der Waals surface area contributed by atoms with Gasteiger partial charge in [0, 0.05) is 31.8 Å². The Bertz CT molecular complexity index is 948. The van der Waals surface area contributed by atoms with Crippen LogP contribution in [0, 0.1) is 10.1 Å². The van der Waals surface area contributed by atoms with E-state index in [0.29, 0.717) is 10.2 Å². The van der Waals surface area contributed by atoms with E-state index in [1.165, 1.54) is 24.1 Å². The minimum absolute atomic E-state index is 0.0555. The molecule has 0 N–H and O–H groups in total. The number of carbonyl (C=O) groups is 1. The van der Waals surface area contributed by atoms with E-state index >= 15 is 0 Å². The van der Waals surface area contributed by atoms with Crippen molar-refractivity contribution >= 4 is 43.5 Å². The zero-order chi connectivity index (χ0) is 23.6. The van der Waals surface area contributed by atoms with E-state index in [4.69, 9.17) is 13.7 Å². The number of rotatable bonds is 6. The fourth-order valence-corrected chi connectivity index (χ4v) is 3.97. The van der Waals surface area contributed by atoms with Crippen LogP contribution in [0.25, 0.3) is 0 Å². The van der Waals surface area contributed by atoms with Crippen molar-refractivity contribution in [1.29, 1.82) is 0 Å². The average Bonchev–Trinajstić information content (AvgIpc) is 2.64. The molecule has 0 bridgehead atoms. The number of amides is 1. The Balaban J connectivity index is 2.41. The van der Waals surface area contributed by atoms with Crippen LogP contribution in [-0.2, 0) is 19.0 Å². The van der Waals surface area contributed by atoms with Gasteiger partial charge in [0.1, 0.15) is 17.0 Å². The third kappa shape index (κ3) is 6.94. The smallest absolute Gasteiger partial charge is 0.410 e. The fraction of sp³-hybridized carbons (Fsp3) is 0.611. The van der Waals surface area contributed by atoms with Crippen LogP contribution in [0.5, 0.6) is 5.75 Å². The number of halogens is 1. The summed E-state index contributed by atoms with van der Waals surface area (Å²) in [6.45, 7) is 5.39. The summed E-state index contributed by atoms with van der Waals surface area (Å²) in [5.74, 6) is 0.373. The first kappa shape index (κ1) is 25.1. The van der Waals surface area contributed by atoms with Crippen LogP contribution in [0.4, 0.5) is 16.2 Å². The largest absolute Gasteiger partial charge is 0.495 e. The van der Waals surface area contributed by atoms with Crippen LogP contribution >= 0.6 is 15.9 Å². The molecule has 1 amide bonds. The van der Waals surface area contributed by atoms with Gasteiger partial charge in [0.25, 0.3) is 15.8 Å². The topological polar surface area (TPSA) is 129 Å². The zero-order valence-electron chi connectivity index (χ0n) is 18.0. The van der Waals surface area contributed by atoms with Crippen molar-refractivity contribution in [2.45, 2.75) is 32.4 Å². The number of hydrogen-bond donors (Lipinski definition) is 0. The standard InChI is InChI=1S/C18H26BrN3O8S/c1-18(2,3)30-17(23)20-6-7-21(12(10-20)11-29-31(5,26)27)14-9-16(28-4)13(19)8-15(14)22(24)25/h8-9,12H,6-7,10-11H2,1-5H3/t12-/m1/s1. The molecule has 1 aromatic carbocycles. The molecule has 0 radical (unpaired) electrons. The number of nitrogens with zero attached hydrogens (tertiary/aromatic N) is 3. The van der Waals surface area contributed by atoms with Gasteiger partial charge in [0.2, 0.25) is 0 Å². The van der Waals surface area contributed by atoms with Gasteiger partial charge in [-0.05, 0) is 36.7 Å². The Labute approximate surface area is 189 Å². The number of nitro groups is 1. The van der Waals surface area contributed by atoms with Gasteiger partial charge in [-0.3, -0.25) is 14.3 Å². The molecule has 11 nitrogen and oxygen atoms in total. The maximum absolute atomic E-state index is 12.5. The molecule has 1 aliphatic rings. The van der Waals surface area contributed by atoms with E-state index in [0.717, 1.165) is 6.26 Å². The molecule has 1 aromatic rings. The molecule has 31 heavy (non-hydrogen) atoms. The minimum atomic E-state index is -3.77. The van der Waals surface area contributed by atoms with Gasteiger partial charge >= 0.3 is 6.09 Å². The number of methoxy groups -OCH3 is 1. The second kappa shape index (κ2) is 9.57. The Morgan fingerprint density at radius 2 is 1.97 bits per heavy atom. The normalized spacial score (nSPS) is 17.4. The monoisotopic (exact) mass is 523 g/mol. The lowest BCUT2D eigenvalue weighted by Crippen LogP contribution is -2.57. The molecule has 174 valence electrons. The third-order valence-electron chi connectivity index (χ3n) is 4.36. The van der Waals surface area contributed by atoms with E-state index in [2.05, 4.69) is 15.9 Å². The molecule has 1 heterocycles. The first-order valence-corrected chi connectivity index (χ1v) is 11.9. The summed E-state index contributed by atoms with van der Waals surface area (Å²) in [6, 6.07) is 2.14. The number of carbonyl (C=O) groups excluding carboxylic acids is 1. The highest BCUT2D eigenvalue weighted by atomic mass is 79.9. The zero-order valence-corrected chi connectivity index (χ0v) is 20.4. The highest BCUT2D eigenvalue weighted by Crippen LogP contribution is 2.39. The van der Waals surface area contributed by atoms with Crippen molar-refractivity contribution in [3.05, 3.63) is 26.7 Å². The minimum Gasteiger partial charge on any atom is -0.495 e. The molecule has 1 fully saturated rings. The number of nitro benzene ring substituents is 1. The summed E-state index contributed by atoms with van der Waals surface area (Å²) in [5, 5.41) is 11.7. The van der Waals surface area contributed by atoms with E-state index in [1.807, 2.05) is 0 Å². The van der Waals surface area contributed by atoms with Crippen LogP contribution in [0.15, 0.2) is 16.6 Å². The molecule has 0 aliphatic carbocycles. The van der Waals surface area contributed by atoms with Crippen LogP contribution in [-0.4, -0.2) is 75.6 Å². The van der Waals surface area contributed by atoms with Crippen molar-refractivity contribution in [3.63, 3.8) is 0 Å². The van der Waals surface area contributed by atoms with Crippen LogP contribution in [0.1, 0.15) is 20.8 Å². The summed E-state index contributed by atoms with van der Waals surface area (Å²) >= 11 is 3.24. The lowest BCUT2D eigenvalue weighted by atomic mass is 10.1.